The molecule has 0 aliphatic carbocycles. The highest BCUT2D eigenvalue weighted by molar-refractivity contribution is 5.94. The number of rotatable bonds is 3. The minimum absolute atomic E-state index is 0.00353. The minimum atomic E-state index is -0.0906. The number of hydrogen-bond acceptors (Lipinski definition) is 6. The SMILES string of the molecule is COc1cc(C2CC(=O)Nc3c2cnn3C2CCN(C)CC2)cc2c1OCO2. The van der Waals surface area contributed by atoms with E-state index >= 15 is 0 Å². The Morgan fingerprint density at radius 1 is 1.25 bits per heavy atom. The van der Waals surface area contributed by atoms with Crippen LogP contribution < -0.4 is 19.5 Å². The normalized spacial score (nSPS) is 22.1. The molecular formula is C20H24N4O4. The van der Waals surface area contributed by atoms with E-state index in [-0.39, 0.29) is 18.6 Å². The van der Waals surface area contributed by atoms with Crippen LogP contribution in [0.15, 0.2) is 18.3 Å². The van der Waals surface area contributed by atoms with Crippen LogP contribution in [0.25, 0.3) is 0 Å². The van der Waals surface area contributed by atoms with Crippen LogP contribution in [-0.2, 0) is 4.79 Å². The monoisotopic (exact) mass is 384 g/mol. The second-order valence-electron chi connectivity index (χ2n) is 7.69. The fourth-order valence-electron chi connectivity index (χ4n) is 4.40. The van der Waals surface area contributed by atoms with E-state index in [1.54, 1.807) is 7.11 Å². The minimum Gasteiger partial charge on any atom is -0.493 e. The summed E-state index contributed by atoms with van der Waals surface area (Å²) in [6.45, 7) is 2.26. The first kappa shape index (κ1) is 17.4. The van der Waals surface area contributed by atoms with Crippen molar-refractivity contribution in [2.45, 2.75) is 31.2 Å². The number of hydrogen-bond donors (Lipinski definition) is 1. The lowest BCUT2D eigenvalue weighted by Crippen LogP contribution is -2.33. The van der Waals surface area contributed by atoms with Gasteiger partial charge in [0.1, 0.15) is 5.82 Å². The standard InChI is InChI=1S/C20H24N4O4/c1-23-5-3-13(4-6-23)24-20-15(10-21-24)14(9-18(25)22-20)12-7-16(26-2)19-17(8-12)27-11-28-19/h7-8,10,13-14H,3-6,9,11H2,1-2H3,(H,22,25). The molecule has 3 aliphatic rings. The first-order valence-electron chi connectivity index (χ1n) is 9.67. The maximum atomic E-state index is 12.5. The number of fused-ring (bicyclic) bond motifs is 2. The molecule has 1 N–H and O–H groups in total. The third kappa shape index (κ3) is 2.79. The van der Waals surface area contributed by atoms with Crippen molar-refractivity contribution in [2.75, 3.05) is 39.4 Å². The quantitative estimate of drug-likeness (QED) is 0.875. The second-order valence-corrected chi connectivity index (χ2v) is 7.69. The lowest BCUT2D eigenvalue weighted by Gasteiger charge is -2.31. The van der Waals surface area contributed by atoms with Gasteiger partial charge in [0.05, 0.1) is 19.3 Å². The molecule has 1 amide bonds. The molecule has 148 valence electrons. The van der Waals surface area contributed by atoms with Gasteiger partial charge < -0.3 is 24.4 Å². The van der Waals surface area contributed by atoms with Gasteiger partial charge in [0.25, 0.3) is 0 Å². The van der Waals surface area contributed by atoms with Crippen molar-refractivity contribution in [3.8, 4) is 17.2 Å². The molecule has 4 heterocycles. The number of likely N-dealkylation sites (tertiary alicyclic amines) is 1. The summed E-state index contributed by atoms with van der Waals surface area (Å²) in [5.41, 5.74) is 2.01. The van der Waals surface area contributed by atoms with Crippen LogP contribution in [0.4, 0.5) is 5.82 Å². The van der Waals surface area contributed by atoms with Gasteiger partial charge in [-0.15, -0.1) is 0 Å². The molecule has 1 saturated heterocycles. The van der Waals surface area contributed by atoms with Gasteiger partial charge in [-0.1, -0.05) is 0 Å². The number of methoxy groups -OCH3 is 1. The highest BCUT2D eigenvalue weighted by atomic mass is 16.7. The smallest absolute Gasteiger partial charge is 0.231 e. The largest absolute Gasteiger partial charge is 0.493 e. The van der Waals surface area contributed by atoms with Crippen LogP contribution in [0, 0.1) is 0 Å². The summed E-state index contributed by atoms with van der Waals surface area (Å²) >= 11 is 0. The summed E-state index contributed by atoms with van der Waals surface area (Å²) < 4.78 is 18.6. The first-order chi connectivity index (χ1) is 13.6. The maximum absolute atomic E-state index is 12.5. The lowest BCUT2D eigenvalue weighted by atomic mass is 9.87. The topological polar surface area (TPSA) is 77.9 Å². The van der Waals surface area contributed by atoms with Crippen molar-refractivity contribution in [2.24, 2.45) is 0 Å². The fraction of sp³-hybridized carbons (Fsp3) is 0.500. The highest BCUT2D eigenvalue weighted by Gasteiger charge is 2.34. The molecule has 1 aromatic heterocycles. The molecule has 0 spiro atoms. The van der Waals surface area contributed by atoms with Gasteiger partial charge in [0, 0.05) is 17.9 Å². The van der Waals surface area contributed by atoms with Crippen molar-refractivity contribution in [3.63, 3.8) is 0 Å². The Hall–Kier alpha value is -2.74. The maximum Gasteiger partial charge on any atom is 0.231 e. The molecule has 5 rings (SSSR count). The Kier molecular flexibility index (Phi) is 4.16. The summed E-state index contributed by atoms with van der Waals surface area (Å²) in [6, 6.07) is 4.20. The third-order valence-corrected chi connectivity index (χ3v) is 5.96. The van der Waals surface area contributed by atoms with E-state index in [0.717, 1.165) is 42.9 Å². The van der Waals surface area contributed by atoms with Crippen LogP contribution in [0.3, 0.4) is 0 Å². The van der Waals surface area contributed by atoms with Crippen LogP contribution in [-0.4, -0.2) is 54.6 Å². The molecule has 1 atom stereocenters. The number of amides is 1. The Morgan fingerprint density at radius 2 is 2.07 bits per heavy atom. The molecule has 8 heteroatoms. The van der Waals surface area contributed by atoms with Gasteiger partial charge in [-0.3, -0.25) is 4.79 Å². The number of anilines is 1. The number of nitrogens with one attached hydrogen (secondary N) is 1. The number of carbonyl (C=O) groups is 1. The van der Waals surface area contributed by atoms with E-state index < -0.39 is 0 Å². The highest BCUT2D eigenvalue weighted by Crippen LogP contribution is 2.47. The molecule has 3 aliphatic heterocycles. The lowest BCUT2D eigenvalue weighted by molar-refractivity contribution is -0.116. The van der Waals surface area contributed by atoms with Crippen LogP contribution in [0.2, 0.25) is 0 Å². The Balaban J connectivity index is 1.53. The zero-order chi connectivity index (χ0) is 19.3. The number of nitrogens with zero attached hydrogens (tertiary/aromatic N) is 3. The molecule has 2 aromatic rings. The number of benzene rings is 1. The van der Waals surface area contributed by atoms with Crippen molar-refractivity contribution >= 4 is 11.7 Å². The molecule has 0 radical (unpaired) electrons. The second kappa shape index (κ2) is 6.70. The van der Waals surface area contributed by atoms with E-state index in [4.69, 9.17) is 14.2 Å². The van der Waals surface area contributed by atoms with Crippen LogP contribution in [0.1, 0.15) is 42.3 Å². The molecular weight excluding hydrogens is 360 g/mol. The van der Waals surface area contributed by atoms with Gasteiger partial charge in [0.15, 0.2) is 11.5 Å². The van der Waals surface area contributed by atoms with E-state index in [2.05, 4.69) is 22.4 Å². The fourth-order valence-corrected chi connectivity index (χ4v) is 4.40. The van der Waals surface area contributed by atoms with Crippen molar-refractivity contribution in [1.29, 1.82) is 0 Å². The Bertz CT molecular complexity index is 917. The summed E-state index contributed by atoms with van der Waals surface area (Å²) in [6.07, 6.45) is 4.33. The molecule has 28 heavy (non-hydrogen) atoms. The van der Waals surface area contributed by atoms with Crippen LogP contribution in [0.5, 0.6) is 17.2 Å². The van der Waals surface area contributed by atoms with Crippen molar-refractivity contribution in [3.05, 3.63) is 29.5 Å². The number of ether oxygens (including phenoxy) is 3. The third-order valence-electron chi connectivity index (χ3n) is 5.96. The van der Waals surface area contributed by atoms with Gasteiger partial charge >= 0.3 is 0 Å². The molecule has 0 bridgehead atoms. The number of carbonyl (C=O) groups excluding carboxylic acids is 1. The van der Waals surface area contributed by atoms with E-state index in [1.165, 1.54) is 0 Å². The van der Waals surface area contributed by atoms with E-state index in [9.17, 15) is 4.79 Å². The average molecular weight is 384 g/mol. The molecule has 1 fully saturated rings. The Labute approximate surface area is 163 Å². The zero-order valence-corrected chi connectivity index (χ0v) is 16.1. The predicted octanol–water partition coefficient (Wildman–Crippen LogP) is 2.36. The van der Waals surface area contributed by atoms with Crippen molar-refractivity contribution in [1.82, 2.24) is 14.7 Å². The summed E-state index contributed by atoms with van der Waals surface area (Å²) in [4.78, 5) is 14.9. The van der Waals surface area contributed by atoms with Gasteiger partial charge in [-0.2, -0.15) is 5.10 Å². The summed E-state index contributed by atoms with van der Waals surface area (Å²) in [5.74, 6) is 2.64. The zero-order valence-electron chi connectivity index (χ0n) is 16.1. The average Bonchev–Trinajstić information content (AvgIpc) is 3.34. The van der Waals surface area contributed by atoms with Crippen molar-refractivity contribution < 1.29 is 19.0 Å². The molecule has 1 unspecified atom stereocenters. The Morgan fingerprint density at radius 3 is 2.86 bits per heavy atom. The molecule has 0 saturated carbocycles. The number of aromatic nitrogens is 2. The molecule has 8 nitrogen and oxygen atoms in total. The summed E-state index contributed by atoms with van der Waals surface area (Å²) in [5, 5.41) is 7.73. The molecule has 1 aromatic carbocycles. The van der Waals surface area contributed by atoms with Gasteiger partial charge in [-0.25, -0.2) is 4.68 Å². The summed E-state index contributed by atoms with van der Waals surface area (Å²) in [7, 11) is 3.75. The van der Waals surface area contributed by atoms with Gasteiger partial charge in [-0.05, 0) is 50.7 Å². The van der Waals surface area contributed by atoms with E-state index in [0.29, 0.717) is 29.7 Å². The van der Waals surface area contributed by atoms with Crippen LogP contribution >= 0.6 is 0 Å². The van der Waals surface area contributed by atoms with Gasteiger partial charge in [0.2, 0.25) is 18.4 Å². The number of piperidine rings is 1. The van der Waals surface area contributed by atoms with E-state index in [1.807, 2.05) is 23.0 Å². The first-order valence-corrected chi connectivity index (χ1v) is 9.67. The predicted molar refractivity (Wildman–Crippen MR) is 102 cm³/mol.